The van der Waals surface area contributed by atoms with Gasteiger partial charge in [0.15, 0.2) is 0 Å². The summed E-state index contributed by atoms with van der Waals surface area (Å²) in [7, 11) is 0. The lowest BCUT2D eigenvalue weighted by molar-refractivity contribution is -0.384. The molecule has 0 atom stereocenters. The van der Waals surface area contributed by atoms with Crippen molar-refractivity contribution in [3.8, 4) is 11.3 Å². The number of non-ortho nitro benzene ring substituents is 1. The predicted molar refractivity (Wildman–Crippen MR) is 77.3 cm³/mol. The van der Waals surface area contributed by atoms with Gasteiger partial charge in [0.25, 0.3) is 5.69 Å². The number of nitro groups is 1. The molecule has 20 heavy (non-hydrogen) atoms. The summed E-state index contributed by atoms with van der Waals surface area (Å²) in [5.74, 6) is 0.940. The largest absolute Gasteiger partial charge is 0.342 e. The predicted octanol–water partition coefficient (Wildman–Crippen LogP) is 2.66. The van der Waals surface area contributed by atoms with Gasteiger partial charge in [-0.25, -0.2) is 4.98 Å². The number of aromatic nitrogens is 2. The summed E-state index contributed by atoms with van der Waals surface area (Å²) in [5.41, 5.74) is 7.33. The van der Waals surface area contributed by atoms with Gasteiger partial charge in [0.1, 0.15) is 5.82 Å². The molecule has 3 N–H and O–H groups in total. The second-order valence-electron chi connectivity index (χ2n) is 4.65. The maximum absolute atomic E-state index is 10.6. The van der Waals surface area contributed by atoms with E-state index in [1.54, 1.807) is 18.3 Å². The number of H-pyrrole nitrogens is 1. The van der Waals surface area contributed by atoms with E-state index in [0.29, 0.717) is 0 Å². The maximum Gasteiger partial charge on any atom is 0.269 e. The highest BCUT2D eigenvalue weighted by Crippen LogP contribution is 2.21. The van der Waals surface area contributed by atoms with Crippen molar-refractivity contribution >= 4 is 5.69 Å². The molecule has 0 unspecified atom stereocenters. The van der Waals surface area contributed by atoms with E-state index in [-0.39, 0.29) is 5.69 Å². The number of nitro benzene ring substituents is 1. The zero-order valence-corrected chi connectivity index (χ0v) is 11.2. The quantitative estimate of drug-likeness (QED) is 0.460. The lowest BCUT2D eigenvalue weighted by Gasteiger charge is -1.98. The number of nitrogens with one attached hydrogen (secondary N) is 1. The number of rotatable bonds is 7. The number of imidazole rings is 1. The van der Waals surface area contributed by atoms with E-state index < -0.39 is 4.92 Å². The molecule has 106 valence electrons. The number of hydrogen-bond donors (Lipinski definition) is 2. The fourth-order valence-corrected chi connectivity index (χ4v) is 2.01. The van der Waals surface area contributed by atoms with E-state index in [4.69, 9.17) is 5.73 Å². The van der Waals surface area contributed by atoms with Gasteiger partial charge in [-0.05, 0) is 31.5 Å². The molecule has 1 heterocycles. The second-order valence-corrected chi connectivity index (χ2v) is 4.65. The zero-order valence-electron chi connectivity index (χ0n) is 11.2. The first-order chi connectivity index (χ1) is 9.70. The van der Waals surface area contributed by atoms with E-state index in [1.165, 1.54) is 12.1 Å². The van der Waals surface area contributed by atoms with E-state index >= 15 is 0 Å². The Morgan fingerprint density at radius 2 is 1.95 bits per heavy atom. The summed E-state index contributed by atoms with van der Waals surface area (Å²) in [6.45, 7) is 0.728. The van der Waals surface area contributed by atoms with E-state index in [9.17, 15) is 10.1 Å². The van der Waals surface area contributed by atoms with Crippen molar-refractivity contribution in [1.82, 2.24) is 9.97 Å². The molecule has 6 heteroatoms. The van der Waals surface area contributed by atoms with Gasteiger partial charge in [-0.2, -0.15) is 0 Å². The Balaban J connectivity index is 1.99. The Labute approximate surface area is 117 Å². The molecule has 0 saturated carbocycles. The minimum atomic E-state index is -0.403. The molecule has 0 radical (unpaired) electrons. The van der Waals surface area contributed by atoms with Crippen LogP contribution in [0, 0.1) is 10.1 Å². The molecular formula is C14H18N4O2. The Kier molecular flexibility index (Phi) is 4.84. The van der Waals surface area contributed by atoms with Crippen molar-refractivity contribution in [3.63, 3.8) is 0 Å². The lowest BCUT2D eigenvalue weighted by Crippen LogP contribution is -1.98. The van der Waals surface area contributed by atoms with Crippen LogP contribution in [-0.2, 0) is 6.42 Å². The topological polar surface area (TPSA) is 97.8 Å². The molecule has 6 nitrogen and oxygen atoms in total. The third-order valence-electron chi connectivity index (χ3n) is 3.14. The SMILES string of the molecule is NCCCCCc1ncc(-c2ccc([N+](=O)[O-])cc2)[nH]1. The minimum Gasteiger partial charge on any atom is -0.342 e. The molecule has 0 saturated heterocycles. The molecule has 0 fully saturated rings. The van der Waals surface area contributed by atoms with E-state index in [0.717, 1.165) is 49.3 Å². The molecule has 1 aromatic carbocycles. The van der Waals surface area contributed by atoms with Gasteiger partial charge in [0.05, 0.1) is 16.8 Å². The first kappa shape index (κ1) is 14.2. The summed E-state index contributed by atoms with van der Waals surface area (Å²) < 4.78 is 0. The van der Waals surface area contributed by atoms with Crippen LogP contribution >= 0.6 is 0 Å². The van der Waals surface area contributed by atoms with Gasteiger partial charge in [0.2, 0.25) is 0 Å². The molecule has 0 bridgehead atoms. The maximum atomic E-state index is 10.6. The number of hydrogen-bond acceptors (Lipinski definition) is 4. The summed E-state index contributed by atoms with van der Waals surface area (Å²) in [6, 6.07) is 6.45. The average Bonchev–Trinajstić information content (AvgIpc) is 2.92. The van der Waals surface area contributed by atoms with Gasteiger partial charge in [-0.1, -0.05) is 6.42 Å². The number of nitrogens with two attached hydrogens (primary N) is 1. The van der Waals surface area contributed by atoms with Crippen LogP contribution in [0.1, 0.15) is 25.1 Å². The van der Waals surface area contributed by atoms with Crippen molar-refractivity contribution in [1.29, 1.82) is 0 Å². The van der Waals surface area contributed by atoms with Crippen LogP contribution in [0.5, 0.6) is 0 Å². The van der Waals surface area contributed by atoms with Crippen LogP contribution in [-0.4, -0.2) is 21.4 Å². The average molecular weight is 274 g/mol. The fourth-order valence-electron chi connectivity index (χ4n) is 2.01. The molecule has 2 rings (SSSR count). The highest BCUT2D eigenvalue weighted by atomic mass is 16.6. The number of unbranched alkanes of at least 4 members (excludes halogenated alkanes) is 2. The lowest BCUT2D eigenvalue weighted by atomic mass is 10.1. The first-order valence-corrected chi connectivity index (χ1v) is 6.69. The minimum absolute atomic E-state index is 0.0928. The van der Waals surface area contributed by atoms with Crippen LogP contribution < -0.4 is 5.73 Å². The van der Waals surface area contributed by atoms with E-state index in [2.05, 4.69) is 9.97 Å². The second kappa shape index (κ2) is 6.81. The summed E-state index contributed by atoms with van der Waals surface area (Å²) in [4.78, 5) is 17.8. The highest BCUT2D eigenvalue weighted by Gasteiger charge is 2.07. The molecule has 1 aromatic heterocycles. The van der Waals surface area contributed by atoms with Crippen molar-refractivity contribution in [2.45, 2.75) is 25.7 Å². The molecule has 0 spiro atoms. The third kappa shape index (κ3) is 3.64. The summed E-state index contributed by atoms with van der Waals surface area (Å²) in [5, 5.41) is 10.6. The zero-order chi connectivity index (χ0) is 14.4. The van der Waals surface area contributed by atoms with Crippen LogP contribution in [0.4, 0.5) is 5.69 Å². The van der Waals surface area contributed by atoms with Crippen LogP contribution in [0.25, 0.3) is 11.3 Å². The smallest absolute Gasteiger partial charge is 0.269 e. The summed E-state index contributed by atoms with van der Waals surface area (Å²) in [6.07, 6.45) is 5.86. The molecule has 0 aliphatic rings. The Hall–Kier alpha value is -2.21. The van der Waals surface area contributed by atoms with E-state index in [1.807, 2.05) is 0 Å². The van der Waals surface area contributed by atoms with Crippen molar-refractivity contribution in [2.24, 2.45) is 5.73 Å². The van der Waals surface area contributed by atoms with Crippen molar-refractivity contribution in [2.75, 3.05) is 6.54 Å². The third-order valence-corrected chi connectivity index (χ3v) is 3.14. The highest BCUT2D eigenvalue weighted by molar-refractivity contribution is 5.60. The van der Waals surface area contributed by atoms with Crippen LogP contribution in [0.15, 0.2) is 30.5 Å². The number of benzene rings is 1. The van der Waals surface area contributed by atoms with Crippen molar-refractivity contribution < 1.29 is 4.92 Å². The molecule has 0 amide bonds. The standard InChI is InChI=1S/C14H18N4O2/c15-9-3-1-2-4-14-16-10-13(17-14)11-5-7-12(8-6-11)18(19)20/h5-8,10H,1-4,9,15H2,(H,16,17). The molecule has 0 aliphatic carbocycles. The van der Waals surface area contributed by atoms with Gasteiger partial charge >= 0.3 is 0 Å². The van der Waals surface area contributed by atoms with Gasteiger partial charge < -0.3 is 10.7 Å². The Morgan fingerprint density at radius 1 is 1.20 bits per heavy atom. The first-order valence-electron chi connectivity index (χ1n) is 6.69. The molecular weight excluding hydrogens is 256 g/mol. The molecule has 0 aliphatic heterocycles. The molecule has 2 aromatic rings. The van der Waals surface area contributed by atoms with Crippen LogP contribution in [0.3, 0.4) is 0 Å². The number of aromatic amines is 1. The van der Waals surface area contributed by atoms with Gasteiger partial charge in [-0.3, -0.25) is 10.1 Å². The van der Waals surface area contributed by atoms with Crippen LogP contribution in [0.2, 0.25) is 0 Å². The number of aryl methyl sites for hydroxylation is 1. The van der Waals surface area contributed by atoms with Crippen molar-refractivity contribution in [3.05, 3.63) is 46.4 Å². The monoisotopic (exact) mass is 274 g/mol. The van der Waals surface area contributed by atoms with Gasteiger partial charge in [0, 0.05) is 24.1 Å². The number of nitrogens with zero attached hydrogens (tertiary/aromatic N) is 2. The normalized spacial score (nSPS) is 10.7. The summed E-state index contributed by atoms with van der Waals surface area (Å²) >= 11 is 0. The Morgan fingerprint density at radius 3 is 2.60 bits per heavy atom. The fraction of sp³-hybridized carbons (Fsp3) is 0.357. The van der Waals surface area contributed by atoms with Gasteiger partial charge in [-0.15, -0.1) is 0 Å². The Bertz CT molecular complexity index is 563.